The van der Waals surface area contributed by atoms with Crippen LogP contribution in [0.2, 0.25) is 5.02 Å². The summed E-state index contributed by atoms with van der Waals surface area (Å²) in [5.41, 5.74) is 0.131. The standard InChI is InChI=1S/C10H16ClN3O2/c1-3-4-16-6-7(2)13-8-5-12-14-10(15)9(8)11/h5,7H,3-4,6H2,1-2H3,(H2,13,14,15)/t7-/m0/s1. The minimum Gasteiger partial charge on any atom is -0.379 e. The normalized spacial score (nSPS) is 12.4. The minimum absolute atomic E-state index is 0.0765. The van der Waals surface area contributed by atoms with Crippen LogP contribution in [0, 0.1) is 0 Å². The highest BCUT2D eigenvalue weighted by Gasteiger charge is 2.08. The van der Waals surface area contributed by atoms with Gasteiger partial charge in [0.25, 0.3) is 5.56 Å². The summed E-state index contributed by atoms with van der Waals surface area (Å²) in [6.07, 6.45) is 2.47. The molecule has 0 bridgehead atoms. The summed E-state index contributed by atoms with van der Waals surface area (Å²) in [6.45, 7) is 5.30. The summed E-state index contributed by atoms with van der Waals surface area (Å²) in [5, 5.41) is 9.12. The molecule has 0 amide bonds. The number of anilines is 1. The van der Waals surface area contributed by atoms with Gasteiger partial charge in [0, 0.05) is 12.6 Å². The van der Waals surface area contributed by atoms with Gasteiger partial charge in [-0.2, -0.15) is 5.10 Å². The number of nitrogens with zero attached hydrogens (tertiary/aromatic N) is 1. The molecule has 90 valence electrons. The van der Waals surface area contributed by atoms with Crippen molar-refractivity contribution in [1.29, 1.82) is 0 Å². The molecule has 5 nitrogen and oxygen atoms in total. The topological polar surface area (TPSA) is 67.0 Å². The third-order valence-electron chi connectivity index (χ3n) is 1.91. The summed E-state index contributed by atoms with van der Waals surface area (Å²) in [4.78, 5) is 11.2. The fraction of sp³-hybridized carbons (Fsp3) is 0.600. The van der Waals surface area contributed by atoms with Crippen molar-refractivity contribution in [2.45, 2.75) is 26.3 Å². The average Bonchev–Trinajstić information content (AvgIpc) is 2.25. The van der Waals surface area contributed by atoms with E-state index in [0.717, 1.165) is 13.0 Å². The van der Waals surface area contributed by atoms with Crippen LogP contribution < -0.4 is 10.9 Å². The van der Waals surface area contributed by atoms with Gasteiger partial charge in [-0.15, -0.1) is 0 Å². The summed E-state index contributed by atoms with van der Waals surface area (Å²) < 4.78 is 5.37. The molecule has 0 spiro atoms. The Morgan fingerprint density at radius 3 is 3.12 bits per heavy atom. The lowest BCUT2D eigenvalue weighted by atomic mass is 10.3. The van der Waals surface area contributed by atoms with Gasteiger partial charge in [0.1, 0.15) is 5.02 Å². The van der Waals surface area contributed by atoms with Crippen LogP contribution in [0.1, 0.15) is 20.3 Å². The van der Waals surface area contributed by atoms with E-state index >= 15 is 0 Å². The Kier molecular flexibility index (Phi) is 5.28. The molecule has 0 aliphatic carbocycles. The van der Waals surface area contributed by atoms with Crippen molar-refractivity contribution in [1.82, 2.24) is 10.2 Å². The maximum absolute atomic E-state index is 11.2. The monoisotopic (exact) mass is 245 g/mol. The molecule has 1 aromatic rings. The lowest BCUT2D eigenvalue weighted by Crippen LogP contribution is -2.23. The van der Waals surface area contributed by atoms with Gasteiger partial charge < -0.3 is 10.1 Å². The van der Waals surface area contributed by atoms with E-state index in [1.54, 1.807) is 0 Å². The van der Waals surface area contributed by atoms with Crippen LogP contribution in [-0.4, -0.2) is 29.5 Å². The van der Waals surface area contributed by atoms with E-state index in [4.69, 9.17) is 16.3 Å². The van der Waals surface area contributed by atoms with Crippen molar-refractivity contribution in [2.24, 2.45) is 0 Å². The first-order valence-corrected chi connectivity index (χ1v) is 5.60. The Bertz CT molecular complexity index is 381. The summed E-state index contributed by atoms with van der Waals surface area (Å²) in [7, 11) is 0. The Balaban J connectivity index is 2.52. The number of hydrogen-bond donors (Lipinski definition) is 2. The number of rotatable bonds is 6. The molecule has 6 heteroatoms. The highest BCUT2D eigenvalue weighted by atomic mass is 35.5. The zero-order valence-electron chi connectivity index (χ0n) is 9.42. The third-order valence-corrected chi connectivity index (χ3v) is 2.29. The Morgan fingerprint density at radius 2 is 2.44 bits per heavy atom. The SMILES string of the molecule is CCCOC[C@H](C)Nc1cn[nH]c(=O)c1Cl. The van der Waals surface area contributed by atoms with Crippen molar-refractivity contribution in [3.05, 3.63) is 21.6 Å². The van der Waals surface area contributed by atoms with Gasteiger partial charge in [-0.1, -0.05) is 18.5 Å². The van der Waals surface area contributed by atoms with Crippen molar-refractivity contribution >= 4 is 17.3 Å². The second kappa shape index (κ2) is 6.50. The largest absolute Gasteiger partial charge is 0.379 e. The predicted octanol–water partition coefficient (Wildman–Crippen LogP) is 1.65. The predicted molar refractivity (Wildman–Crippen MR) is 64.1 cm³/mol. The molecule has 0 aromatic carbocycles. The molecule has 0 aliphatic heterocycles. The van der Waals surface area contributed by atoms with Crippen LogP contribution in [0.5, 0.6) is 0 Å². The minimum atomic E-state index is -0.395. The molecule has 1 atom stereocenters. The van der Waals surface area contributed by atoms with Crippen LogP contribution in [-0.2, 0) is 4.74 Å². The van der Waals surface area contributed by atoms with E-state index < -0.39 is 5.56 Å². The zero-order valence-corrected chi connectivity index (χ0v) is 10.2. The molecule has 1 aromatic heterocycles. The number of halogens is 1. The first-order valence-electron chi connectivity index (χ1n) is 5.22. The summed E-state index contributed by atoms with van der Waals surface area (Å²) in [6, 6.07) is 0.0765. The number of aromatic nitrogens is 2. The van der Waals surface area contributed by atoms with Gasteiger partial charge >= 0.3 is 0 Å². The second-order valence-electron chi connectivity index (χ2n) is 3.55. The Morgan fingerprint density at radius 1 is 1.69 bits per heavy atom. The molecular formula is C10H16ClN3O2. The first kappa shape index (κ1) is 13.0. The quantitative estimate of drug-likeness (QED) is 0.748. The molecular weight excluding hydrogens is 230 g/mol. The second-order valence-corrected chi connectivity index (χ2v) is 3.93. The third kappa shape index (κ3) is 3.83. The molecule has 0 saturated heterocycles. The highest BCUT2D eigenvalue weighted by Crippen LogP contribution is 2.15. The number of ether oxygens (including phenoxy) is 1. The molecule has 0 saturated carbocycles. The number of H-pyrrole nitrogens is 1. The van der Waals surface area contributed by atoms with Crippen LogP contribution in [0.25, 0.3) is 0 Å². The molecule has 1 heterocycles. The first-order chi connectivity index (χ1) is 7.65. The maximum atomic E-state index is 11.2. The van der Waals surface area contributed by atoms with Crippen molar-refractivity contribution < 1.29 is 4.74 Å². The highest BCUT2D eigenvalue weighted by molar-refractivity contribution is 6.32. The molecule has 0 fully saturated rings. The van der Waals surface area contributed by atoms with E-state index in [-0.39, 0.29) is 11.1 Å². The van der Waals surface area contributed by atoms with Crippen molar-refractivity contribution in [2.75, 3.05) is 18.5 Å². The van der Waals surface area contributed by atoms with Gasteiger partial charge in [-0.25, -0.2) is 5.10 Å². The van der Waals surface area contributed by atoms with Gasteiger partial charge in [0.05, 0.1) is 18.5 Å². The molecule has 1 rings (SSSR count). The fourth-order valence-corrected chi connectivity index (χ4v) is 1.34. The lowest BCUT2D eigenvalue weighted by molar-refractivity contribution is 0.129. The van der Waals surface area contributed by atoms with Gasteiger partial charge in [0.2, 0.25) is 0 Å². The van der Waals surface area contributed by atoms with E-state index in [2.05, 4.69) is 22.4 Å². The van der Waals surface area contributed by atoms with Gasteiger partial charge in [-0.05, 0) is 13.3 Å². The smallest absolute Gasteiger partial charge is 0.285 e. The molecule has 0 aliphatic rings. The number of nitrogens with one attached hydrogen (secondary N) is 2. The molecule has 16 heavy (non-hydrogen) atoms. The number of hydrogen-bond acceptors (Lipinski definition) is 4. The average molecular weight is 246 g/mol. The van der Waals surface area contributed by atoms with Gasteiger partial charge in [-0.3, -0.25) is 4.79 Å². The van der Waals surface area contributed by atoms with E-state index in [9.17, 15) is 4.79 Å². The van der Waals surface area contributed by atoms with Crippen LogP contribution in [0.15, 0.2) is 11.0 Å². The van der Waals surface area contributed by atoms with Gasteiger partial charge in [0.15, 0.2) is 0 Å². The zero-order chi connectivity index (χ0) is 12.0. The molecule has 0 unspecified atom stereocenters. The molecule has 0 radical (unpaired) electrons. The van der Waals surface area contributed by atoms with Crippen molar-refractivity contribution in [3.8, 4) is 0 Å². The van der Waals surface area contributed by atoms with Crippen LogP contribution in [0.4, 0.5) is 5.69 Å². The summed E-state index contributed by atoms with van der Waals surface area (Å²) >= 11 is 5.81. The fourth-order valence-electron chi connectivity index (χ4n) is 1.20. The molecule has 2 N–H and O–H groups in total. The Hall–Kier alpha value is -1.07. The lowest BCUT2D eigenvalue weighted by Gasteiger charge is -2.15. The van der Waals surface area contributed by atoms with Crippen molar-refractivity contribution in [3.63, 3.8) is 0 Å². The number of aromatic amines is 1. The van der Waals surface area contributed by atoms with E-state index in [1.165, 1.54) is 6.20 Å². The van der Waals surface area contributed by atoms with Crippen LogP contribution in [0.3, 0.4) is 0 Å². The van der Waals surface area contributed by atoms with Crippen LogP contribution >= 0.6 is 11.6 Å². The van der Waals surface area contributed by atoms with E-state index in [0.29, 0.717) is 12.3 Å². The maximum Gasteiger partial charge on any atom is 0.285 e. The Labute approximate surface area is 99.2 Å². The van der Waals surface area contributed by atoms with E-state index in [1.807, 2.05) is 6.92 Å². The summed E-state index contributed by atoms with van der Waals surface area (Å²) in [5.74, 6) is 0.